The fourth-order valence-corrected chi connectivity index (χ4v) is 2.80. The van der Waals surface area contributed by atoms with Crippen molar-refractivity contribution in [1.82, 2.24) is 14.7 Å². The van der Waals surface area contributed by atoms with E-state index in [0.29, 0.717) is 5.69 Å². The summed E-state index contributed by atoms with van der Waals surface area (Å²) in [6.07, 6.45) is 2.90. The smallest absolute Gasteiger partial charge is 0.274 e. The lowest BCUT2D eigenvalue weighted by atomic mass is 10.2. The molecule has 0 spiro atoms. The molecular formula is C17H22N4O. The van der Waals surface area contributed by atoms with Gasteiger partial charge in [0.05, 0.1) is 0 Å². The summed E-state index contributed by atoms with van der Waals surface area (Å²) in [6.45, 7) is 6.18. The summed E-state index contributed by atoms with van der Waals surface area (Å²) in [6, 6.07) is 12.2. The summed E-state index contributed by atoms with van der Waals surface area (Å²) in [7, 11) is 0. The van der Waals surface area contributed by atoms with Crippen molar-refractivity contribution in [2.75, 3.05) is 31.1 Å². The van der Waals surface area contributed by atoms with E-state index in [1.807, 2.05) is 40.0 Å². The Hall–Kier alpha value is -2.30. The number of anilines is 1. The summed E-state index contributed by atoms with van der Waals surface area (Å²) < 4.78 is 1.84. The van der Waals surface area contributed by atoms with Gasteiger partial charge in [0.2, 0.25) is 0 Å². The molecule has 2 aromatic rings. The third-order valence-electron chi connectivity index (χ3n) is 4.00. The lowest BCUT2D eigenvalue weighted by molar-refractivity contribution is 0.0740. The zero-order chi connectivity index (χ0) is 15.4. The van der Waals surface area contributed by atoms with Crippen molar-refractivity contribution in [3.8, 4) is 0 Å². The van der Waals surface area contributed by atoms with Crippen LogP contribution in [0, 0.1) is 0 Å². The molecule has 5 nitrogen and oxygen atoms in total. The molecule has 5 heteroatoms. The van der Waals surface area contributed by atoms with Gasteiger partial charge in [0.25, 0.3) is 5.91 Å². The highest BCUT2D eigenvalue weighted by molar-refractivity contribution is 5.92. The summed E-state index contributed by atoms with van der Waals surface area (Å²) in [5.74, 6) is 0.0440. The molecule has 1 aromatic carbocycles. The van der Waals surface area contributed by atoms with Gasteiger partial charge in [-0.05, 0) is 24.6 Å². The van der Waals surface area contributed by atoms with Crippen LogP contribution in [0.15, 0.2) is 42.6 Å². The van der Waals surface area contributed by atoms with Crippen LogP contribution in [0.2, 0.25) is 0 Å². The molecule has 0 radical (unpaired) electrons. The molecule has 0 saturated carbocycles. The van der Waals surface area contributed by atoms with Crippen molar-refractivity contribution < 1.29 is 4.79 Å². The molecule has 0 atom stereocenters. The number of benzene rings is 1. The summed E-state index contributed by atoms with van der Waals surface area (Å²) >= 11 is 0. The molecule has 1 fully saturated rings. The Morgan fingerprint density at radius 3 is 2.50 bits per heavy atom. The standard InChI is InChI=1S/C17H22N4O/c1-2-9-21-10-8-16(18-21)17(22)20-13-11-19(12-14-20)15-6-4-3-5-7-15/h3-8,10H,2,9,11-14H2,1H3. The van der Waals surface area contributed by atoms with Gasteiger partial charge in [0.15, 0.2) is 0 Å². The normalized spacial score (nSPS) is 15.1. The SMILES string of the molecule is CCCn1ccc(C(=O)N2CCN(c3ccccc3)CC2)n1. The second kappa shape index (κ2) is 6.64. The van der Waals surface area contributed by atoms with Gasteiger partial charge in [0.1, 0.15) is 5.69 Å². The maximum atomic E-state index is 12.5. The molecule has 3 rings (SSSR count). The van der Waals surface area contributed by atoms with Crippen LogP contribution in [0.3, 0.4) is 0 Å². The van der Waals surface area contributed by atoms with E-state index in [1.165, 1.54) is 5.69 Å². The van der Waals surface area contributed by atoms with E-state index in [-0.39, 0.29) is 5.91 Å². The van der Waals surface area contributed by atoms with Gasteiger partial charge in [-0.15, -0.1) is 0 Å². The first kappa shape index (κ1) is 14.6. The predicted octanol–water partition coefficient (Wildman–Crippen LogP) is 2.26. The van der Waals surface area contributed by atoms with E-state index >= 15 is 0 Å². The first-order valence-corrected chi connectivity index (χ1v) is 7.90. The average molecular weight is 298 g/mol. The lowest BCUT2D eigenvalue weighted by Crippen LogP contribution is -2.48. The van der Waals surface area contributed by atoms with Gasteiger partial charge in [0, 0.05) is 44.6 Å². The van der Waals surface area contributed by atoms with Crippen LogP contribution in [0.1, 0.15) is 23.8 Å². The number of hydrogen-bond donors (Lipinski definition) is 0. The second-order valence-corrected chi connectivity index (χ2v) is 5.58. The summed E-state index contributed by atoms with van der Waals surface area (Å²) in [5, 5.41) is 4.36. The Morgan fingerprint density at radius 2 is 1.82 bits per heavy atom. The van der Waals surface area contributed by atoms with Crippen molar-refractivity contribution in [2.24, 2.45) is 0 Å². The molecule has 1 saturated heterocycles. The van der Waals surface area contributed by atoms with Crippen LogP contribution < -0.4 is 4.90 Å². The third-order valence-corrected chi connectivity index (χ3v) is 4.00. The molecule has 2 heterocycles. The number of nitrogens with zero attached hydrogens (tertiary/aromatic N) is 4. The number of hydrogen-bond acceptors (Lipinski definition) is 3. The lowest BCUT2D eigenvalue weighted by Gasteiger charge is -2.35. The molecule has 0 N–H and O–H groups in total. The molecule has 1 aliphatic rings. The van der Waals surface area contributed by atoms with E-state index in [1.54, 1.807) is 0 Å². The van der Waals surface area contributed by atoms with E-state index in [2.05, 4.69) is 29.1 Å². The summed E-state index contributed by atoms with van der Waals surface area (Å²) in [5.41, 5.74) is 1.78. The van der Waals surface area contributed by atoms with E-state index in [4.69, 9.17) is 0 Å². The van der Waals surface area contributed by atoms with Crippen molar-refractivity contribution in [3.63, 3.8) is 0 Å². The van der Waals surface area contributed by atoms with E-state index < -0.39 is 0 Å². The molecule has 0 unspecified atom stereocenters. The number of carbonyl (C=O) groups excluding carboxylic acids is 1. The minimum absolute atomic E-state index is 0.0440. The molecule has 0 aliphatic carbocycles. The molecule has 1 aromatic heterocycles. The third kappa shape index (κ3) is 3.13. The Morgan fingerprint density at radius 1 is 1.09 bits per heavy atom. The van der Waals surface area contributed by atoms with E-state index in [9.17, 15) is 4.79 Å². The van der Waals surface area contributed by atoms with Gasteiger partial charge in [-0.3, -0.25) is 9.48 Å². The Bertz CT molecular complexity index is 615. The van der Waals surface area contributed by atoms with Gasteiger partial charge in [-0.25, -0.2) is 0 Å². The fraction of sp³-hybridized carbons (Fsp3) is 0.412. The van der Waals surface area contributed by atoms with Crippen molar-refractivity contribution in [3.05, 3.63) is 48.3 Å². The Balaban J connectivity index is 1.59. The van der Waals surface area contributed by atoms with Gasteiger partial charge in [-0.2, -0.15) is 5.10 Å². The molecule has 1 aliphatic heterocycles. The van der Waals surface area contributed by atoms with Crippen molar-refractivity contribution in [2.45, 2.75) is 19.9 Å². The summed E-state index contributed by atoms with van der Waals surface area (Å²) in [4.78, 5) is 16.7. The van der Waals surface area contributed by atoms with Gasteiger partial charge in [-0.1, -0.05) is 25.1 Å². The largest absolute Gasteiger partial charge is 0.368 e. The highest BCUT2D eigenvalue weighted by Gasteiger charge is 2.23. The second-order valence-electron chi connectivity index (χ2n) is 5.58. The maximum absolute atomic E-state index is 12.5. The number of amides is 1. The quantitative estimate of drug-likeness (QED) is 0.869. The molecule has 22 heavy (non-hydrogen) atoms. The monoisotopic (exact) mass is 298 g/mol. The molecule has 116 valence electrons. The average Bonchev–Trinajstić information content (AvgIpc) is 3.04. The predicted molar refractivity (Wildman–Crippen MR) is 87.1 cm³/mol. The fourth-order valence-electron chi connectivity index (χ4n) is 2.80. The zero-order valence-electron chi connectivity index (χ0n) is 13.0. The van der Waals surface area contributed by atoms with Crippen molar-refractivity contribution >= 4 is 11.6 Å². The number of aromatic nitrogens is 2. The van der Waals surface area contributed by atoms with Crippen LogP contribution >= 0.6 is 0 Å². The highest BCUT2D eigenvalue weighted by atomic mass is 16.2. The Labute approximate surface area is 131 Å². The number of aryl methyl sites for hydroxylation is 1. The van der Waals surface area contributed by atoms with Crippen LogP contribution in [0.5, 0.6) is 0 Å². The first-order chi connectivity index (χ1) is 10.8. The van der Waals surface area contributed by atoms with Crippen molar-refractivity contribution in [1.29, 1.82) is 0 Å². The molecular weight excluding hydrogens is 276 g/mol. The zero-order valence-corrected chi connectivity index (χ0v) is 13.0. The first-order valence-electron chi connectivity index (χ1n) is 7.90. The minimum atomic E-state index is 0.0440. The topological polar surface area (TPSA) is 41.4 Å². The number of piperazine rings is 1. The van der Waals surface area contributed by atoms with Gasteiger partial charge >= 0.3 is 0 Å². The van der Waals surface area contributed by atoms with Crippen LogP contribution in [-0.4, -0.2) is 46.8 Å². The number of carbonyl (C=O) groups is 1. The van der Waals surface area contributed by atoms with Gasteiger partial charge < -0.3 is 9.80 Å². The highest BCUT2D eigenvalue weighted by Crippen LogP contribution is 2.16. The number of rotatable bonds is 4. The number of para-hydroxylation sites is 1. The van der Waals surface area contributed by atoms with Crippen LogP contribution in [0.25, 0.3) is 0 Å². The van der Waals surface area contributed by atoms with E-state index in [0.717, 1.165) is 39.1 Å². The molecule has 1 amide bonds. The molecule has 0 bridgehead atoms. The maximum Gasteiger partial charge on any atom is 0.274 e. The minimum Gasteiger partial charge on any atom is -0.368 e. The van der Waals surface area contributed by atoms with Crippen LogP contribution in [-0.2, 0) is 6.54 Å². The Kier molecular flexibility index (Phi) is 4.42. The van der Waals surface area contributed by atoms with Crippen LogP contribution in [0.4, 0.5) is 5.69 Å².